The van der Waals surface area contributed by atoms with E-state index in [2.05, 4.69) is 26.5 Å². The van der Waals surface area contributed by atoms with Gasteiger partial charge in [0.05, 0.1) is 0 Å². The zero-order valence-electron chi connectivity index (χ0n) is 14.2. The van der Waals surface area contributed by atoms with E-state index in [9.17, 15) is 9.59 Å². The van der Waals surface area contributed by atoms with Crippen LogP contribution in [-0.2, 0) is 9.59 Å². The Balaban J connectivity index is 1.74. The van der Waals surface area contributed by atoms with Crippen LogP contribution in [0.5, 0.6) is 0 Å². The smallest absolute Gasteiger partial charge is 0.159 e. The zero-order valence-corrected chi connectivity index (χ0v) is 14.2. The summed E-state index contributed by atoms with van der Waals surface area (Å²) in [7, 11) is 0. The van der Waals surface area contributed by atoms with Crippen LogP contribution in [0, 0.1) is 35.0 Å². The summed E-state index contributed by atoms with van der Waals surface area (Å²) in [5.74, 6) is 3.22. The number of rotatable bonds is 1. The van der Waals surface area contributed by atoms with Gasteiger partial charge < -0.3 is 0 Å². The highest BCUT2D eigenvalue weighted by Gasteiger charge is 2.57. The molecule has 0 bridgehead atoms. The van der Waals surface area contributed by atoms with Gasteiger partial charge in [0.2, 0.25) is 0 Å². The number of carbonyl (C=O) groups is 2. The first-order valence-electron chi connectivity index (χ1n) is 9.06. The number of ketones is 2. The average Bonchev–Trinajstić information content (AvgIpc) is 2.96. The maximum Gasteiger partial charge on any atom is 0.159 e. The third-order valence-corrected chi connectivity index (χ3v) is 7.36. The van der Waals surface area contributed by atoms with Crippen molar-refractivity contribution < 1.29 is 9.59 Å². The second-order valence-electron chi connectivity index (χ2n) is 8.39. The average molecular weight is 310 g/mol. The topological polar surface area (TPSA) is 34.1 Å². The summed E-state index contributed by atoms with van der Waals surface area (Å²) < 4.78 is 0. The minimum Gasteiger partial charge on any atom is -0.295 e. The van der Waals surface area contributed by atoms with Crippen molar-refractivity contribution in [1.29, 1.82) is 0 Å². The minimum atomic E-state index is -0.0793. The second kappa shape index (κ2) is 5.03. The molecule has 0 heterocycles. The molecule has 122 valence electrons. The van der Waals surface area contributed by atoms with Crippen molar-refractivity contribution in [3.8, 4) is 0 Å². The molecule has 2 nitrogen and oxygen atoms in total. The van der Waals surface area contributed by atoms with Crippen LogP contribution in [0.3, 0.4) is 0 Å². The van der Waals surface area contributed by atoms with E-state index in [4.69, 9.17) is 0 Å². The Morgan fingerprint density at radius 1 is 1.30 bits per heavy atom. The minimum absolute atomic E-state index is 0.0793. The predicted molar refractivity (Wildman–Crippen MR) is 90.7 cm³/mol. The number of hydrogen-bond acceptors (Lipinski definition) is 2. The summed E-state index contributed by atoms with van der Waals surface area (Å²) in [5.41, 5.74) is 2.17. The molecule has 0 N–H and O–H groups in total. The van der Waals surface area contributed by atoms with E-state index in [0.717, 1.165) is 18.4 Å². The van der Waals surface area contributed by atoms with Crippen molar-refractivity contribution >= 4 is 11.6 Å². The summed E-state index contributed by atoms with van der Waals surface area (Å²) in [5, 5.41) is 0. The molecule has 23 heavy (non-hydrogen) atoms. The fourth-order valence-corrected chi connectivity index (χ4v) is 6.28. The zero-order chi connectivity index (χ0) is 16.4. The highest BCUT2D eigenvalue weighted by Crippen LogP contribution is 2.62. The third-order valence-electron chi connectivity index (χ3n) is 7.36. The van der Waals surface area contributed by atoms with E-state index >= 15 is 0 Å². The molecule has 0 amide bonds. The van der Waals surface area contributed by atoms with Gasteiger partial charge in [-0.15, -0.1) is 0 Å². The van der Waals surface area contributed by atoms with Gasteiger partial charge in [-0.1, -0.05) is 32.6 Å². The lowest BCUT2D eigenvalue weighted by molar-refractivity contribution is -0.129. The van der Waals surface area contributed by atoms with Gasteiger partial charge in [0, 0.05) is 18.4 Å². The van der Waals surface area contributed by atoms with Crippen LogP contribution in [0.1, 0.15) is 46.0 Å². The number of hydrogen-bond donors (Lipinski definition) is 0. The van der Waals surface area contributed by atoms with Crippen LogP contribution < -0.4 is 0 Å². The molecular formula is C21H26O2. The summed E-state index contributed by atoms with van der Waals surface area (Å²) in [6.45, 7) is 8.62. The van der Waals surface area contributed by atoms with E-state index < -0.39 is 0 Å². The maximum absolute atomic E-state index is 12.8. The number of carbonyl (C=O) groups excluding carboxylic acids is 2. The van der Waals surface area contributed by atoms with Gasteiger partial charge >= 0.3 is 0 Å². The van der Waals surface area contributed by atoms with Crippen molar-refractivity contribution in [1.82, 2.24) is 0 Å². The second-order valence-corrected chi connectivity index (χ2v) is 8.39. The highest BCUT2D eigenvalue weighted by atomic mass is 16.1. The quantitative estimate of drug-likeness (QED) is 0.724. The monoisotopic (exact) mass is 310 g/mol. The Bertz CT molecular complexity index is 653. The lowest BCUT2D eigenvalue weighted by Gasteiger charge is -2.56. The van der Waals surface area contributed by atoms with E-state index in [0.29, 0.717) is 42.4 Å². The first-order valence-corrected chi connectivity index (χ1v) is 9.06. The molecule has 4 aliphatic carbocycles. The molecule has 6 atom stereocenters. The highest BCUT2D eigenvalue weighted by molar-refractivity contribution is 6.05. The molecule has 0 radical (unpaired) electrons. The van der Waals surface area contributed by atoms with E-state index in [1.807, 2.05) is 6.08 Å². The standard InChI is InChI=1S/C21H26O2/c1-4-13-5-6-15-16-11-19(23)18-10-14(22)7-8-21(18,3)17(16)9-12(2)20(13)15/h4-5,10,12,15-17,20H,1,6-9,11H2,2-3H3/t12-,15?,16?,17?,20?,21-/m1/s1. The van der Waals surface area contributed by atoms with Crippen LogP contribution in [0.15, 0.2) is 36.0 Å². The van der Waals surface area contributed by atoms with Gasteiger partial charge in [-0.05, 0) is 65.9 Å². The first kappa shape index (κ1) is 15.1. The molecule has 0 aromatic rings. The molecule has 2 saturated carbocycles. The van der Waals surface area contributed by atoms with Crippen LogP contribution >= 0.6 is 0 Å². The van der Waals surface area contributed by atoms with Crippen LogP contribution in [0.4, 0.5) is 0 Å². The summed E-state index contributed by atoms with van der Waals surface area (Å²) >= 11 is 0. The molecule has 0 spiro atoms. The molecule has 0 aromatic heterocycles. The third kappa shape index (κ3) is 2.00. The SMILES string of the molecule is C=CC1=CCC2C3CC(=O)C4=CC(=O)CC[C@]4(C)C3C[C@@H](C)C12. The first-order chi connectivity index (χ1) is 11.0. The molecule has 4 rings (SSSR count). The van der Waals surface area contributed by atoms with Gasteiger partial charge in [0.25, 0.3) is 0 Å². The lowest BCUT2D eigenvalue weighted by Crippen LogP contribution is -2.52. The summed E-state index contributed by atoms with van der Waals surface area (Å²) in [4.78, 5) is 24.6. The summed E-state index contributed by atoms with van der Waals surface area (Å²) in [6, 6.07) is 0. The van der Waals surface area contributed by atoms with Gasteiger partial charge in [-0.25, -0.2) is 0 Å². The van der Waals surface area contributed by atoms with Crippen LogP contribution in [-0.4, -0.2) is 11.6 Å². The predicted octanol–water partition coefficient (Wildman–Crippen LogP) is 4.28. The van der Waals surface area contributed by atoms with Crippen molar-refractivity contribution in [2.75, 3.05) is 0 Å². The van der Waals surface area contributed by atoms with Crippen LogP contribution in [0.2, 0.25) is 0 Å². The molecule has 2 fully saturated rings. The molecule has 4 aliphatic rings. The molecule has 2 heteroatoms. The van der Waals surface area contributed by atoms with Gasteiger partial charge in [0.1, 0.15) is 0 Å². The fraction of sp³-hybridized carbons (Fsp3) is 0.619. The van der Waals surface area contributed by atoms with Crippen molar-refractivity contribution in [3.05, 3.63) is 36.0 Å². The fourth-order valence-electron chi connectivity index (χ4n) is 6.28. The van der Waals surface area contributed by atoms with Crippen LogP contribution in [0.25, 0.3) is 0 Å². The molecule has 0 saturated heterocycles. The van der Waals surface area contributed by atoms with Crippen molar-refractivity contribution in [2.24, 2.45) is 35.0 Å². The van der Waals surface area contributed by atoms with E-state index in [1.165, 1.54) is 12.0 Å². The van der Waals surface area contributed by atoms with Crippen molar-refractivity contribution in [2.45, 2.75) is 46.0 Å². The van der Waals surface area contributed by atoms with Gasteiger partial charge in [-0.2, -0.15) is 0 Å². The molecule has 4 unspecified atom stereocenters. The number of allylic oxidation sites excluding steroid dienone is 5. The lowest BCUT2D eigenvalue weighted by atomic mass is 9.47. The van der Waals surface area contributed by atoms with E-state index in [1.54, 1.807) is 6.08 Å². The largest absolute Gasteiger partial charge is 0.295 e. The Hall–Kier alpha value is -1.44. The molecule has 0 aromatic carbocycles. The Morgan fingerprint density at radius 3 is 2.83 bits per heavy atom. The summed E-state index contributed by atoms with van der Waals surface area (Å²) in [6.07, 6.45) is 10.4. The normalized spacial score (nSPS) is 45.6. The number of fused-ring (bicyclic) bond motifs is 5. The maximum atomic E-state index is 12.8. The van der Waals surface area contributed by atoms with Gasteiger partial charge in [-0.3, -0.25) is 9.59 Å². The van der Waals surface area contributed by atoms with Gasteiger partial charge in [0.15, 0.2) is 11.6 Å². The van der Waals surface area contributed by atoms with Crippen molar-refractivity contribution in [3.63, 3.8) is 0 Å². The van der Waals surface area contributed by atoms with E-state index in [-0.39, 0.29) is 17.0 Å². The molecule has 0 aliphatic heterocycles. The Kier molecular flexibility index (Phi) is 3.30. The Labute approximate surface area is 138 Å². The Morgan fingerprint density at radius 2 is 2.09 bits per heavy atom. The molecular weight excluding hydrogens is 284 g/mol. The number of Topliss-reactive ketones (excluding diaryl/α,β-unsaturated/α-hetero) is 1.